The first-order valence-electron chi connectivity index (χ1n) is 5.49. The van der Waals surface area contributed by atoms with Crippen molar-refractivity contribution in [3.05, 3.63) is 57.8 Å². The molecule has 0 fully saturated rings. The molecule has 19 heavy (non-hydrogen) atoms. The number of halogens is 2. The fraction of sp³-hybridized carbons (Fsp3) is 0.0769. The highest BCUT2D eigenvalue weighted by molar-refractivity contribution is 9.10. The minimum atomic E-state index is 0.456. The minimum absolute atomic E-state index is 0.456. The zero-order chi connectivity index (χ0) is 13.7. The second-order valence-electron chi connectivity index (χ2n) is 3.75. The lowest BCUT2D eigenvalue weighted by molar-refractivity contribution is 1.13. The van der Waals surface area contributed by atoms with Gasteiger partial charge in [-0.1, -0.05) is 23.7 Å². The lowest BCUT2D eigenvalue weighted by Gasteiger charge is -2.06. The van der Waals surface area contributed by atoms with E-state index in [4.69, 9.17) is 17.0 Å². The molecule has 0 unspecified atom stereocenters. The summed E-state index contributed by atoms with van der Waals surface area (Å²) in [5.41, 5.74) is 1.32. The second kappa shape index (κ2) is 7.05. The van der Waals surface area contributed by atoms with Crippen molar-refractivity contribution in [2.75, 3.05) is 6.54 Å². The van der Waals surface area contributed by atoms with Gasteiger partial charge in [0, 0.05) is 33.3 Å². The molecule has 0 amide bonds. The molecule has 0 spiro atoms. The van der Waals surface area contributed by atoms with Gasteiger partial charge in [0.15, 0.2) is 0 Å². The Hall–Kier alpha value is -0.880. The van der Waals surface area contributed by atoms with Crippen molar-refractivity contribution >= 4 is 45.2 Å². The maximum absolute atomic E-state index is 7.98. The van der Waals surface area contributed by atoms with E-state index in [0.29, 0.717) is 17.3 Å². The molecule has 1 aromatic carbocycles. The molecule has 98 valence electrons. The lowest BCUT2D eigenvalue weighted by Crippen LogP contribution is -2.16. The molecule has 0 saturated carbocycles. The summed E-state index contributed by atoms with van der Waals surface area (Å²) in [4.78, 5) is 5.07. The molecule has 0 atom stereocenters. The Morgan fingerprint density at radius 3 is 2.95 bits per heavy atom. The SMILES string of the molecule is N=C(CNSc1cncc(Br)c1)c1cccc(Cl)c1. The molecule has 0 saturated heterocycles. The Bertz CT molecular complexity index is 592. The predicted molar refractivity (Wildman–Crippen MR) is 84.1 cm³/mol. The van der Waals surface area contributed by atoms with Crippen LogP contribution < -0.4 is 4.72 Å². The summed E-state index contributed by atoms with van der Waals surface area (Å²) in [5, 5.41) is 8.62. The highest BCUT2D eigenvalue weighted by atomic mass is 79.9. The summed E-state index contributed by atoms with van der Waals surface area (Å²) in [6, 6.07) is 9.27. The minimum Gasteiger partial charge on any atom is -0.303 e. The first-order valence-corrected chi connectivity index (χ1v) is 7.47. The monoisotopic (exact) mass is 355 g/mol. The van der Waals surface area contributed by atoms with Crippen LogP contribution in [0.15, 0.2) is 52.1 Å². The topological polar surface area (TPSA) is 48.8 Å². The summed E-state index contributed by atoms with van der Waals surface area (Å²) in [5.74, 6) is 0. The lowest BCUT2D eigenvalue weighted by atomic mass is 10.1. The van der Waals surface area contributed by atoms with Crippen molar-refractivity contribution in [1.82, 2.24) is 9.71 Å². The van der Waals surface area contributed by atoms with Crippen molar-refractivity contribution in [1.29, 1.82) is 5.41 Å². The van der Waals surface area contributed by atoms with Gasteiger partial charge in [-0.3, -0.25) is 9.71 Å². The van der Waals surface area contributed by atoms with Gasteiger partial charge in [-0.15, -0.1) is 0 Å². The predicted octanol–water partition coefficient (Wildman–Crippen LogP) is 4.16. The van der Waals surface area contributed by atoms with E-state index < -0.39 is 0 Å². The van der Waals surface area contributed by atoms with E-state index in [1.807, 2.05) is 18.2 Å². The first kappa shape index (κ1) is 14.5. The number of benzene rings is 1. The Balaban J connectivity index is 1.87. The number of aromatic nitrogens is 1. The third kappa shape index (κ3) is 4.62. The van der Waals surface area contributed by atoms with Gasteiger partial charge in [-0.2, -0.15) is 0 Å². The van der Waals surface area contributed by atoms with E-state index in [2.05, 4.69) is 25.6 Å². The van der Waals surface area contributed by atoms with Crippen LogP contribution in [0.2, 0.25) is 5.02 Å². The molecule has 0 aliphatic heterocycles. The van der Waals surface area contributed by atoms with Gasteiger partial charge < -0.3 is 5.41 Å². The second-order valence-corrected chi connectivity index (χ2v) is 6.07. The maximum Gasteiger partial charge on any atom is 0.0534 e. The molecule has 2 aromatic rings. The Morgan fingerprint density at radius 2 is 2.21 bits per heavy atom. The van der Waals surface area contributed by atoms with E-state index in [-0.39, 0.29) is 0 Å². The Kier molecular flexibility index (Phi) is 5.39. The van der Waals surface area contributed by atoms with Crippen molar-refractivity contribution < 1.29 is 0 Å². The molecule has 0 radical (unpaired) electrons. The van der Waals surface area contributed by atoms with Gasteiger partial charge in [0.2, 0.25) is 0 Å². The highest BCUT2D eigenvalue weighted by Gasteiger charge is 2.02. The number of nitrogens with one attached hydrogen (secondary N) is 2. The van der Waals surface area contributed by atoms with Crippen LogP contribution in [0.3, 0.4) is 0 Å². The van der Waals surface area contributed by atoms with Crippen molar-refractivity contribution in [3.8, 4) is 0 Å². The largest absolute Gasteiger partial charge is 0.303 e. The van der Waals surface area contributed by atoms with Crippen LogP contribution >= 0.6 is 39.5 Å². The molecule has 2 N–H and O–H groups in total. The fourth-order valence-corrected chi connectivity index (χ4v) is 2.81. The number of rotatable bonds is 5. The summed E-state index contributed by atoms with van der Waals surface area (Å²) < 4.78 is 4.07. The van der Waals surface area contributed by atoms with Crippen LogP contribution in [0.4, 0.5) is 0 Å². The normalized spacial score (nSPS) is 10.4. The van der Waals surface area contributed by atoms with E-state index >= 15 is 0 Å². The van der Waals surface area contributed by atoms with Gasteiger partial charge in [0.05, 0.1) is 5.71 Å². The van der Waals surface area contributed by atoms with Crippen LogP contribution in [0, 0.1) is 5.41 Å². The van der Waals surface area contributed by atoms with Gasteiger partial charge in [0.1, 0.15) is 0 Å². The molecular weight excluding hydrogens is 346 g/mol. The fourth-order valence-electron chi connectivity index (χ4n) is 1.42. The maximum atomic E-state index is 7.98. The zero-order valence-electron chi connectivity index (χ0n) is 9.86. The Morgan fingerprint density at radius 1 is 1.37 bits per heavy atom. The number of pyridine rings is 1. The van der Waals surface area contributed by atoms with E-state index in [1.165, 1.54) is 11.9 Å². The third-order valence-electron chi connectivity index (χ3n) is 2.29. The third-order valence-corrected chi connectivity index (χ3v) is 3.71. The number of hydrogen-bond acceptors (Lipinski definition) is 4. The molecule has 1 heterocycles. The van der Waals surface area contributed by atoms with Crippen LogP contribution in [0.1, 0.15) is 5.56 Å². The van der Waals surface area contributed by atoms with Crippen molar-refractivity contribution in [2.24, 2.45) is 0 Å². The standard InChI is InChI=1S/C13H11BrClN3S/c14-10-5-12(7-17-6-10)19-18-8-13(16)9-2-1-3-11(15)4-9/h1-7,16,18H,8H2. The number of nitrogens with zero attached hydrogens (tertiary/aromatic N) is 1. The van der Waals surface area contributed by atoms with Crippen LogP contribution in [0.25, 0.3) is 0 Å². The highest BCUT2D eigenvalue weighted by Crippen LogP contribution is 2.18. The van der Waals surface area contributed by atoms with Crippen molar-refractivity contribution in [3.63, 3.8) is 0 Å². The van der Waals surface area contributed by atoms with Gasteiger partial charge in [0.25, 0.3) is 0 Å². The van der Waals surface area contributed by atoms with Crippen LogP contribution in [-0.4, -0.2) is 17.2 Å². The molecule has 0 aliphatic rings. The first-order chi connectivity index (χ1) is 9.15. The van der Waals surface area contributed by atoms with Gasteiger partial charge in [-0.05, 0) is 51.6 Å². The molecule has 6 heteroatoms. The van der Waals surface area contributed by atoms with Gasteiger partial charge in [-0.25, -0.2) is 0 Å². The van der Waals surface area contributed by atoms with Gasteiger partial charge >= 0.3 is 0 Å². The summed E-state index contributed by atoms with van der Waals surface area (Å²) in [6.45, 7) is 0.456. The summed E-state index contributed by atoms with van der Waals surface area (Å²) in [6.07, 6.45) is 3.50. The molecular formula is C13H11BrClN3S. The number of hydrogen-bond donors (Lipinski definition) is 2. The van der Waals surface area contributed by atoms with Crippen LogP contribution in [-0.2, 0) is 0 Å². The van der Waals surface area contributed by atoms with E-state index in [0.717, 1.165) is 14.9 Å². The summed E-state index contributed by atoms with van der Waals surface area (Å²) in [7, 11) is 0. The van der Waals surface area contributed by atoms with E-state index in [9.17, 15) is 0 Å². The van der Waals surface area contributed by atoms with Crippen molar-refractivity contribution in [2.45, 2.75) is 4.90 Å². The molecule has 2 rings (SSSR count). The average molecular weight is 357 g/mol. The molecule has 1 aromatic heterocycles. The van der Waals surface area contributed by atoms with Crippen LogP contribution in [0.5, 0.6) is 0 Å². The molecule has 3 nitrogen and oxygen atoms in total. The Labute approximate surface area is 129 Å². The molecule has 0 bridgehead atoms. The smallest absolute Gasteiger partial charge is 0.0534 e. The average Bonchev–Trinajstić information content (AvgIpc) is 2.38. The summed E-state index contributed by atoms with van der Waals surface area (Å²) >= 11 is 10.7. The molecule has 0 aliphatic carbocycles. The quantitative estimate of drug-likeness (QED) is 0.624. The van der Waals surface area contributed by atoms with E-state index in [1.54, 1.807) is 24.5 Å². The zero-order valence-corrected chi connectivity index (χ0v) is 13.0.